The lowest BCUT2D eigenvalue weighted by Crippen LogP contribution is -2.11. The van der Waals surface area contributed by atoms with E-state index >= 15 is 0 Å². The van der Waals surface area contributed by atoms with Gasteiger partial charge in [-0.2, -0.15) is 5.10 Å². The standard InChI is InChI=1S/C24H19ClN4O8/c1-35-20-10-8-16-21(37-24(30)22(16)23(20)36-2)12-18(13-3-5-14(25)6-4-13)27-26-17-9-7-15(28(31)32)11-19(17)29(33)34/h3-11,21,26H,12H2,1-2H3/b27-18-/t21-/m1/s1. The predicted octanol–water partition coefficient (Wildman–Crippen LogP) is 5.29. The number of fused-ring (bicyclic) bond motifs is 1. The molecule has 190 valence electrons. The average molecular weight is 527 g/mol. The second kappa shape index (κ2) is 10.5. The maximum Gasteiger partial charge on any atom is 0.343 e. The van der Waals surface area contributed by atoms with Crippen molar-refractivity contribution in [2.75, 3.05) is 19.6 Å². The fourth-order valence-electron chi connectivity index (χ4n) is 3.88. The minimum Gasteiger partial charge on any atom is -0.493 e. The lowest BCUT2D eigenvalue weighted by molar-refractivity contribution is -0.393. The Morgan fingerprint density at radius 3 is 2.41 bits per heavy atom. The van der Waals surface area contributed by atoms with E-state index in [0.717, 1.165) is 12.1 Å². The first-order valence-corrected chi connectivity index (χ1v) is 11.1. The highest BCUT2D eigenvalue weighted by atomic mass is 35.5. The molecule has 0 fully saturated rings. The highest BCUT2D eigenvalue weighted by Gasteiger charge is 2.36. The van der Waals surface area contributed by atoms with Gasteiger partial charge in [-0.25, -0.2) is 4.79 Å². The number of halogens is 1. The minimum absolute atomic E-state index is 0.0581. The number of cyclic esters (lactones) is 1. The van der Waals surface area contributed by atoms with Crippen LogP contribution in [0, 0.1) is 20.2 Å². The predicted molar refractivity (Wildman–Crippen MR) is 134 cm³/mol. The molecule has 1 N–H and O–H groups in total. The normalized spacial score (nSPS) is 14.5. The Balaban J connectivity index is 1.73. The van der Waals surface area contributed by atoms with E-state index in [4.69, 9.17) is 25.8 Å². The van der Waals surface area contributed by atoms with E-state index in [1.807, 2.05) is 0 Å². The summed E-state index contributed by atoms with van der Waals surface area (Å²) in [6.07, 6.45) is -0.658. The van der Waals surface area contributed by atoms with Crippen molar-refractivity contribution in [3.8, 4) is 11.5 Å². The number of hydrogen-bond acceptors (Lipinski definition) is 10. The third-order valence-electron chi connectivity index (χ3n) is 5.63. The van der Waals surface area contributed by atoms with Gasteiger partial charge in [0.15, 0.2) is 11.5 Å². The molecule has 1 atom stereocenters. The van der Waals surface area contributed by atoms with Gasteiger partial charge in [-0.15, -0.1) is 0 Å². The maximum atomic E-state index is 12.7. The number of esters is 1. The largest absolute Gasteiger partial charge is 0.493 e. The van der Waals surface area contributed by atoms with E-state index < -0.39 is 33.3 Å². The van der Waals surface area contributed by atoms with Crippen LogP contribution in [0.3, 0.4) is 0 Å². The van der Waals surface area contributed by atoms with Gasteiger partial charge in [0.2, 0.25) is 0 Å². The molecule has 0 spiro atoms. The fourth-order valence-corrected chi connectivity index (χ4v) is 4.00. The summed E-state index contributed by atoms with van der Waals surface area (Å²) < 4.78 is 16.3. The van der Waals surface area contributed by atoms with Gasteiger partial charge in [-0.05, 0) is 29.8 Å². The molecule has 0 aromatic heterocycles. The van der Waals surface area contributed by atoms with Crippen molar-refractivity contribution >= 4 is 40.3 Å². The highest BCUT2D eigenvalue weighted by molar-refractivity contribution is 6.30. The van der Waals surface area contributed by atoms with Gasteiger partial charge < -0.3 is 14.2 Å². The average Bonchev–Trinajstić information content (AvgIpc) is 3.21. The van der Waals surface area contributed by atoms with Gasteiger partial charge >= 0.3 is 11.7 Å². The van der Waals surface area contributed by atoms with Crippen LogP contribution in [0.1, 0.15) is 34.0 Å². The Morgan fingerprint density at radius 2 is 1.78 bits per heavy atom. The Labute approximate surface area is 214 Å². The summed E-state index contributed by atoms with van der Waals surface area (Å²) in [7, 11) is 2.87. The van der Waals surface area contributed by atoms with Crippen LogP contribution in [0.25, 0.3) is 0 Å². The number of carbonyl (C=O) groups is 1. The van der Waals surface area contributed by atoms with Gasteiger partial charge in [-0.1, -0.05) is 29.8 Å². The topological polar surface area (TPSA) is 155 Å². The fraction of sp³-hybridized carbons (Fsp3) is 0.167. The Morgan fingerprint density at radius 1 is 1.05 bits per heavy atom. The number of nitrogens with zero attached hydrogens (tertiary/aromatic N) is 3. The number of nitrogens with one attached hydrogen (secondary N) is 1. The van der Waals surface area contributed by atoms with Crippen LogP contribution in [0.4, 0.5) is 17.1 Å². The number of nitro benzene ring substituents is 2. The zero-order valence-corrected chi connectivity index (χ0v) is 20.2. The number of anilines is 1. The van der Waals surface area contributed by atoms with Crippen molar-refractivity contribution in [3.05, 3.63) is 96.5 Å². The molecule has 0 saturated carbocycles. The monoisotopic (exact) mass is 526 g/mol. The number of hydrogen-bond donors (Lipinski definition) is 1. The molecule has 4 rings (SSSR count). The number of non-ortho nitro benzene ring substituents is 1. The molecule has 13 heteroatoms. The first-order valence-electron chi connectivity index (χ1n) is 10.7. The van der Waals surface area contributed by atoms with Crippen LogP contribution in [0.2, 0.25) is 5.02 Å². The molecule has 1 aliphatic heterocycles. The third-order valence-corrected chi connectivity index (χ3v) is 5.89. The van der Waals surface area contributed by atoms with E-state index in [9.17, 15) is 25.0 Å². The molecule has 0 radical (unpaired) electrons. The van der Waals surface area contributed by atoms with Crippen molar-refractivity contribution in [1.29, 1.82) is 0 Å². The first kappa shape index (κ1) is 25.4. The van der Waals surface area contributed by atoms with E-state index in [-0.39, 0.29) is 23.4 Å². The summed E-state index contributed by atoms with van der Waals surface area (Å²) in [4.78, 5) is 33.8. The number of hydrazone groups is 1. The van der Waals surface area contributed by atoms with Crippen molar-refractivity contribution in [1.82, 2.24) is 0 Å². The molecule has 0 saturated heterocycles. The van der Waals surface area contributed by atoms with Crippen LogP contribution >= 0.6 is 11.6 Å². The Kier molecular flexibility index (Phi) is 7.20. The molecule has 1 heterocycles. The molecule has 0 bridgehead atoms. The van der Waals surface area contributed by atoms with E-state index in [0.29, 0.717) is 27.6 Å². The van der Waals surface area contributed by atoms with E-state index in [1.165, 1.54) is 20.3 Å². The first-order chi connectivity index (χ1) is 17.7. The lowest BCUT2D eigenvalue weighted by Gasteiger charge is -2.15. The third kappa shape index (κ3) is 5.14. The van der Waals surface area contributed by atoms with Gasteiger partial charge in [-0.3, -0.25) is 25.7 Å². The number of methoxy groups -OCH3 is 2. The minimum atomic E-state index is -0.749. The number of benzene rings is 3. The second-order valence-corrected chi connectivity index (χ2v) is 8.19. The highest BCUT2D eigenvalue weighted by Crippen LogP contribution is 2.43. The molecular formula is C24H19ClN4O8. The van der Waals surface area contributed by atoms with Crippen LogP contribution in [0.15, 0.2) is 59.7 Å². The number of carbonyl (C=O) groups excluding carboxylic acids is 1. The van der Waals surface area contributed by atoms with E-state index in [2.05, 4.69) is 10.5 Å². The quantitative estimate of drug-likeness (QED) is 0.169. The van der Waals surface area contributed by atoms with E-state index in [1.54, 1.807) is 36.4 Å². The summed E-state index contributed by atoms with van der Waals surface area (Å²) in [5.41, 5.74) is 3.39. The van der Waals surface area contributed by atoms with Gasteiger partial charge in [0.1, 0.15) is 17.4 Å². The molecule has 1 aliphatic rings. The second-order valence-electron chi connectivity index (χ2n) is 7.76. The maximum absolute atomic E-state index is 12.7. The van der Waals surface area contributed by atoms with Crippen molar-refractivity contribution in [3.63, 3.8) is 0 Å². The summed E-state index contributed by atoms with van der Waals surface area (Å²) in [6, 6.07) is 13.2. The summed E-state index contributed by atoms with van der Waals surface area (Å²) in [6.45, 7) is 0. The summed E-state index contributed by atoms with van der Waals surface area (Å²) in [5, 5.41) is 27.4. The Bertz CT molecular complexity index is 1420. The number of ether oxygens (including phenoxy) is 3. The van der Waals surface area contributed by atoms with Crippen LogP contribution in [0.5, 0.6) is 11.5 Å². The van der Waals surface area contributed by atoms with Gasteiger partial charge in [0, 0.05) is 23.1 Å². The van der Waals surface area contributed by atoms with Crippen molar-refractivity contribution in [2.45, 2.75) is 12.5 Å². The molecule has 3 aromatic rings. The molecule has 3 aromatic carbocycles. The molecule has 0 unspecified atom stereocenters. The zero-order chi connectivity index (χ0) is 26.7. The van der Waals surface area contributed by atoms with Crippen LogP contribution in [-0.4, -0.2) is 35.7 Å². The summed E-state index contributed by atoms with van der Waals surface area (Å²) in [5.74, 6) is 0.0277. The van der Waals surface area contributed by atoms with Crippen LogP contribution < -0.4 is 14.9 Å². The van der Waals surface area contributed by atoms with Crippen molar-refractivity contribution in [2.24, 2.45) is 5.10 Å². The van der Waals surface area contributed by atoms with Gasteiger partial charge in [0.25, 0.3) is 5.69 Å². The molecular weight excluding hydrogens is 508 g/mol. The van der Waals surface area contributed by atoms with Crippen molar-refractivity contribution < 1.29 is 28.9 Å². The molecule has 0 amide bonds. The van der Waals surface area contributed by atoms with Crippen LogP contribution in [-0.2, 0) is 4.74 Å². The lowest BCUT2D eigenvalue weighted by atomic mass is 9.97. The molecule has 0 aliphatic carbocycles. The molecule has 12 nitrogen and oxygen atoms in total. The number of nitro groups is 2. The SMILES string of the molecule is COc1ccc2c(c1OC)C(=O)O[C@@H]2C/C(=N/Nc1ccc([N+](=O)[O-])cc1[N+](=O)[O-])c1ccc(Cl)cc1. The molecule has 37 heavy (non-hydrogen) atoms. The number of rotatable bonds is 9. The Hall–Kier alpha value is -4.71. The zero-order valence-electron chi connectivity index (χ0n) is 19.5. The summed E-state index contributed by atoms with van der Waals surface area (Å²) >= 11 is 6.02. The smallest absolute Gasteiger partial charge is 0.343 e. The van der Waals surface area contributed by atoms with Gasteiger partial charge in [0.05, 0.1) is 35.8 Å².